The second-order valence-electron chi connectivity index (χ2n) is 5.38. The molecule has 0 fully saturated rings. The van der Waals surface area contributed by atoms with Crippen LogP contribution in [0.15, 0.2) is 67.5 Å². The molecule has 2 aromatic rings. The second-order valence-corrected chi connectivity index (χ2v) is 5.38. The van der Waals surface area contributed by atoms with E-state index >= 15 is 0 Å². The minimum Gasteiger partial charge on any atom is -0.459 e. The minimum absolute atomic E-state index is 0.00600. The maximum atomic E-state index is 11.9. The third kappa shape index (κ3) is 6.76. The van der Waals surface area contributed by atoms with Crippen LogP contribution in [0.1, 0.15) is 22.3 Å². The van der Waals surface area contributed by atoms with E-state index in [0.29, 0.717) is 12.2 Å². The highest BCUT2D eigenvalue weighted by molar-refractivity contribution is 5.89. The first kappa shape index (κ1) is 19.2. The van der Waals surface area contributed by atoms with Gasteiger partial charge >= 0.3 is 11.9 Å². The largest absolute Gasteiger partial charge is 0.459 e. The Labute approximate surface area is 152 Å². The van der Waals surface area contributed by atoms with E-state index in [2.05, 4.69) is 18.7 Å². The number of hydrogen-bond acceptors (Lipinski definition) is 5. The molecule has 0 radical (unpaired) electrons. The zero-order valence-corrected chi connectivity index (χ0v) is 14.5. The van der Waals surface area contributed by atoms with E-state index in [1.54, 1.807) is 29.3 Å². The molecule has 0 aliphatic carbocycles. The van der Waals surface area contributed by atoms with Crippen molar-refractivity contribution in [2.24, 2.45) is 0 Å². The van der Waals surface area contributed by atoms with Crippen molar-refractivity contribution in [3.8, 4) is 0 Å². The fraction of sp³-hybridized carbons (Fsp3) is 0.250. The summed E-state index contributed by atoms with van der Waals surface area (Å²) in [4.78, 5) is 28.3. The number of pyridine rings is 1. The standard InChI is InChI=1S/C20H22NO5/c1-2-19(22)24-15-16-25-20(23)18-10-12-21(13-11-18)26-14-6-9-17-7-4-3-5-8-17/h2-5,7-8,10-13H,1,6,9,14-16H2/q+1. The summed E-state index contributed by atoms with van der Waals surface area (Å²) >= 11 is 0. The maximum Gasteiger partial charge on any atom is 0.338 e. The van der Waals surface area contributed by atoms with Gasteiger partial charge in [0.2, 0.25) is 12.4 Å². The molecule has 0 saturated heterocycles. The van der Waals surface area contributed by atoms with Crippen LogP contribution in [0.4, 0.5) is 0 Å². The third-order valence-corrected chi connectivity index (χ3v) is 3.46. The van der Waals surface area contributed by atoms with Gasteiger partial charge < -0.3 is 9.47 Å². The number of ether oxygens (including phenoxy) is 2. The van der Waals surface area contributed by atoms with Gasteiger partial charge in [-0.1, -0.05) is 36.9 Å². The van der Waals surface area contributed by atoms with Crippen molar-refractivity contribution in [1.29, 1.82) is 0 Å². The van der Waals surface area contributed by atoms with Crippen molar-refractivity contribution in [2.75, 3.05) is 19.8 Å². The first-order chi connectivity index (χ1) is 12.7. The molecule has 0 N–H and O–H groups in total. The maximum absolute atomic E-state index is 11.9. The van der Waals surface area contributed by atoms with Crippen molar-refractivity contribution >= 4 is 11.9 Å². The highest BCUT2D eigenvalue weighted by Crippen LogP contribution is 2.02. The molecule has 6 nitrogen and oxygen atoms in total. The molecule has 6 heteroatoms. The number of carbonyl (C=O) groups excluding carboxylic acids is 2. The van der Waals surface area contributed by atoms with E-state index in [1.807, 2.05) is 18.2 Å². The van der Waals surface area contributed by atoms with E-state index in [9.17, 15) is 9.59 Å². The molecule has 0 unspecified atom stereocenters. The summed E-state index contributed by atoms with van der Waals surface area (Å²) in [5.41, 5.74) is 1.67. The Morgan fingerprint density at radius 1 is 0.962 bits per heavy atom. The van der Waals surface area contributed by atoms with E-state index < -0.39 is 11.9 Å². The summed E-state index contributed by atoms with van der Waals surface area (Å²) in [6, 6.07) is 13.4. The summed E-state index contributed by atoms with van der Waals surface area (Å²) in [5.74, 6) is -1.04. The molecular formula is C20H22NO5+. The number of nitrogens with zero attached hydrogens (tertiary/aromatic N) is 1. The van der Waals surface area contributed by atoms with Gasteiger partial charge in [-0.15, -0.1) is 0 Å². The van der Waals surface area contributed by atoms with Crippen LogP contribution in [-0.2, 0) is 20.7 Å². The predicted molar refractivity (Wildman–Crippen MR) is 94.3 cm³/mol. The number of carbonyl (C=O) groups is 2. The molecule has 0 spiro atoms. The van der Waals surface area contributed by atoms with Crippen molar-refractivity contribution in [2.45, 2.75) is 12.8 Å². The lowest BCUT2D eigenvalue weighted by Crippen LogP contribution is -2.42. The van der Waals surface area contributed by atoms with Gasteiger partial charge in [0.1, 0.15) is 13.2 Å². The third-order valence-electron chi connectivity index (χ3n) is 3.46. The number of esters is 2. The summed E-state index contributed by atoms with van der Waals surface area (Å²) in [6.07, 6.45) is 6.19. The van der Waals surface area contributed by atoms with Crippen LogP contribution in [0.5, 0.6) is 0 Å². The lowest BCUT2D eigenvalue weighted by atomic mass is 10.1. The molecule has 1 aromatic heterocycles. The molecule has 0 amide bonds. The molecule has 0 bridgehead atoms. The van der Waals surface area contributed by atoms with Gasteiger partial charge in [0.25, 0.3) is 0 Å². The van der Waals surface area contributed by atoms with Gasteiger partial charge in [-0.05, 0) is 18.4 Å². The zero-order valence-electron chi connectivity index (χ0n) is 14.5. The van der Waals surface area contributed by atoms with E-state index in [4.69, 9.17) is 14.3 Å². The highest BCUT2D eigenvalue weighted by atomic mass is 16.7. The molecule has 0 aliphatic heterocycles. The van der Waals surface area contributed by atoms with Crippen LogP contribution in [0.2, 0.25) is 0 Å². The molecule has 2 rings (SSSR count). The fourth-order valence-electron chi connectivity index (χ4n) is 2.14. The molecule has 1 heterocycles. The molecular weight excluding hydrogens is 334 g/mol. The van der Waals surface area contributed by atoms with Gasteiger partial charge in [0.05, 0.1) is 5.56 Å². The average molecular weight is 356 g/mol. The van der Waals surface area contributed by atoms with Crippen LogP contribution in [0, 0.1) is 0 Å². The Bertz CT molecular complexity index is 713. The lowest BCUT2D eigenvalue weighted by molar-refractivity contribution is -0.891. The first-order valence-corrected chi connectivity index (χ1v) is 8.34. The van der Waals surface area contributed by atoms with Crippen molar-refractivity contribution in [3.05, 3.63) is 78.6 Å². The average Bonchev–Trinajstić information content (AvgIpc) is 2.69. The molecule has 0 aliphatic rings. The number of hydrogen-bond donors (Lipinski definition) is 0. The van der Waals surface area contributed by atoms with Crippen LogP contribution >= 0.6 is 0 Å². The second kappa shape index (κ2) is 10.7. The van der Waals surface area contributed by atoms with E-state index in [0.717, 1.165) is 18.9 Å². The minimum atomic E-state index is -0.550. The molecule has 26 heavy (non-hydrogen) atoms. The van der Waals surface area contributed by atoms with E-state index in [1.165, 1.54) is 5.56 Å². The smallest absolute Gasteiger partial charge is 0.338 e. The highest BCUT2D eigenvalue weighted by Gasteiger charge is 2.10. The quantitative estimate of drug-likeness (QED) is 0.282. The Morgan fingerprint density at radius 2 is 1.65 bits per heavy atom. The van der Waals surface area contributed by atoms with Gasteiger partial charge in [-0.2, -0.15) is 0 Å². The summed E-state index contributed by atoms with van der Waals surface area (Å²) in [5, 5.41) is 0. The zero-order chi connectivity index (χ0) is 18.6. The van der Waals surface area contributed by atoms with Crippen LogP contribution in [0.25, 0.3) is 0 Å². The fourth-order valence-corrected chi connectivity index (χ4v) is 2.14. The Kier molecular flexibility index (Phi) is 7.86. The number of rotatable bonds is 10. The van der Waals surface area contributed by atoms with Gasteiger partial charge in [-0.25, -0.2) is 9.59 Å². The lowest BCUT2D eigenvalue weighted by Gasteiger charge is -2.04. The number of benzene rings is 1. The Hall–Kier alpha value is -3.15. The van der Waals surface area contributed by atoms with Crippen LogP contribution in [-0.4, -0.2) is 31.8 Å². The van der Waals surface area contributed by atoms with Gasteiger partial charge in [0.15, 0.2) is 6.61 Å². The molecule has 1 aromatic carbocycles. The topological polar surface area (TPSA) is 65.7 Å². The predicted octanol–water partition coefficient (Wildman–Crippen LogP) is 1.92. The van der Waals surface area contributed by atoms with E-state index in [-0.39, 0.29) is 13.2 Å². The van der Waals surface area contributed by atoms with Crippen molar-refractivity contribution in [1.82, 2.24) is 0 Å². The molecule has 136 valence electrons. The Morgan fingerprint density at radius 3 is 2.35 bits per heavy atom. The van der Waals surface area contributed by atoms with Crippen molar-refractivity contribution < 1.29 is 28.6 Å². The SMILES string of the molecule is C=CC(=O)OCCOC(=O)c1cc[n+](OCCCc2ccccc2)cc1. The number of aryl methyl sites for hydroxylation is 1. The molecule has 0 atom stereocenters. The summed E-state index contributed by atoms with van der Waals surface area (Å²) in [6.45, 7) is 3.83. The van der Waals surface area contributed by atoms with Gasteiger partial charge in [-0.3, -0.25) is 4.84 Å². The first-order valence-electron chi connectivity index (χ1n) is 8.34. The van der Waals surface area contributed by atoms with Crippen molar-refractivity contribution in [3.63, 3.8) is 0 Å². The normalized spacial score (nSPS) is 10.0. The monoisotopic (exact) mass is 356 g/mol. The van der Waals surface area contributed by atoms with Crippen LogP contribution in [0.3, 0.4) is 0 Å². The molecule has 0 saturated carbocycles. The van der Waals surface area contributed by atoms with Gasteiger partial charge in [0, 0.05) is 22.9 Å². The number of aromatic nitrogens is 1. The van der Waals surface area contributed by atoms with Crippen LogP contribution < -0.4 is 9.57 Å². The summed E-state index contributed by atoms with van der Waals surface area (Å²) < 4.78 is 11.3. The Balaban J connectivity index is 1.67. The summed E-state index contributed by atoms with van der Waals surface area (Å²) in [7, 11) is 0.